The highest BCUT2D eigenvalue weighted by molar-refractivity contribution is 5.90. The number of benzene rings is 1. The molecule has 17 heavy (non-hydrogen) atoms. The highest BCUT2D eigenvalue weighted by Crippen LogP contribution is 2.29. The number of nitrogens with zero attached hydrogens (tertiary/aromatic N) is 1. The predicted molar refractivity (Wildman–Crippen MR) is 55.9 cm³/mol. The van der Waals surface area contributed by atoms with Crippen molar-refractivity contribution in [3.8, 4) is 5.75 Å². The minimum atomic E-state index is -1.13. The minimum absolute atomic E-state index is 0.0104. The standard InChI is InChI=1S/C11H9F2NO3/c1-2-17-11(16)14-4-3-6-8(14)5-7(12)10(15)9(6)13/h3-5,15H,2H2,1H3. The Morgan fingerprint density at radius 2 is 2.24 bits per heavy atom. The average molecular weight is 241 g/mol. The fourth-order valence-electron chi connectivity index (χ4n) is 1.55. The first-order valence-corrected chi connectivity index (χ1v) is 4.91. The van der Waals surface area contributed by atoms with Crippen molar-refractivity contribution >= 4 is 17.0 Å². The number of carbonyl (C=O) groups excluding carboxylic acids is 1. The number of aromatic nitrogens is 1. The van der Waals surface area contributed by atoms with Gasteiger partial charge in [-0.25, -0.2) is 13.6 Å². The van der Waals surface area contributed by atoms with Crippen LogP contribution in [0.2, 0.25) is 0 Å². The lowest BCUT2D eigenvalue weighted by atomic mass is 10.2. The number of aromatic hydroxyl groups is 1. The Hall–Kier alpha value is -2.11. The first kappa shape index (κ1) is 11.4. The molecule has 2 rings (SSSR count). The summed E-state index contributed by atoms with van der Waals surface area (Å²) in [6.45, 7) is 1.78. The van der Waals surface area contributed by atoms with Crippen LogP contribution in [0, 0.1) is 11.6 Å². The van der Waals surface area contributed by atoms with Gasteiger partial charge in [0.2, 0.25) is 0 Å². The molecule has 0 radical (unpaired) electrons. The van der Waals surface area contributed by atoms with Gasteiger partial charge in [0.25, 0.3) is 0 Å². The summed E-state index contributed by atoms with van der Waals surface area (Å²) in [7, 11) is 0. The van der Waals surface area contributed by atoms with Crippen molar-refractivity contribution in [2.45, 2.75) is 6.92 Å². The summed E-state index contributed by atoms with van der Waals surface area (Å²) in [5.74, 6) is -3.28. The number of rotatable bonds is 1. The quantitative estimate of drug-likeness (QED) is 0.834. The second-order valence-corrected chi connectivity index (χ2v) is 3.34. The Morgan fingerprint density at radius 3 is 2.88 bits per heavy atom. The maximum absolute atomic E-state index is 13.5. The smallest absolute Gasteiger partial charge is 0.418 e. The Bertz CT molecular complexity index is 592. The molecule has 0 saturated heterocycles. The highest BCUT2D eigenvalue weighted by Gasteiger charge is 2.18. The van der Waals surface area contributed by atoms with Crippen LogP contribution in [0.3, 0.4) is 0 Å². The van der Waals surface area contributed by atoms with Gasteiger partial charge in [-0.3, -0.25) is 4.57 Å². The fourth-order valence-corrected chi connectivity index (χ4v) is 1.55. The molecule has 0 saturated carbocycles. The van der Waals surface area contributed by atoms with E-state index < -0.39 is 23.5 Å². The molecule has 1 N–H and O–H groups in total. The lowest BCUT2D eigenvalue weighted by Gasteiger charge is -2.05. The molecule has 2 aromatic rings. The molecule has 0 bridgehead atoms. The first-order chi connectivity index (χ1) is 8.06. The van der Waals surface area contributed by atoms with Gasteiger partial charge in [-0.2, -0.15) is 0 Å². The summed E-state index contributed by atoms with van der Waals surface area (Å²) in [5.41, 5.74) is 0.0104. The number of ether oxygens (including phenoxy) is 1. The van der Waals surface area contributed by atoms with Crippen molar-refractivity contribution in [3.63, 3.8) is 0 Å². The van der Waals surface area contributed by atoms with Crippen LogP contribution in [0.4, 0.5) is 13.6 Å². The Labute approximate surface area is 95.0 Å². The van der Waals surface area contributed by atoms with Gasteiger partial charge >= 0.3 is 6.09 Å². The highest BCUT2D eigenvalue weighted by atomic mass is 19.1. The topological polar surface area (TPSA) is 51.5 Å². The largest absolute Gasteiger partial charge is 0.503 e. The van der Waals surface area contributed by atoms with Crippen LogP contribution in [0.5, 0.6) is 5.75 Å². The van der Waals surface area contributed by atoms with Crippen molar-refractivity contribution in [2.75, 3.05) is 6.61 Å². The summed E-state index contributed by atoms with van der Waals surface area (Å²) in [6.07, 6.45) is 0.525. The summed E-state index contributed by atoms with van der Waals surface area (Å²) < 4.78 is 32.3. The van der Waals surface area contributed by atoms with E-state index in [2.05, 4.69) is 0 Å². The predicted octanol–water partition coefficient (Wildman–Crippen LogP) is 2.63. The molecule has 0 fully saturated rings. The molecule has 0 unspecified atom stereocenters. The SMILES string of the molecule is CCOC(=O)n1ccc2c(F)c(O)c(F)cc21. The van der Waals surface area contributed by atoms with Gasteiger partial charge in [0.1, 0.15) is 0 Å². The van der Waals surface area contributed by atoms with E-state index in [4.69, 9.17) is 9.84 Å². The molecule has 6 heteroatoms. The minimum Gasteiger partial charge on any atom is -0.503 e. The molecule has 1 aromatic carbocycles. The van der Waals surface area contributed by atoms with E-state index in [1.807, 2.05) is 0 Å². The summed E-state index contributed by atoms with van der Waals surface area (Å²) in [6, 6.07) is 2.14. The molecule has 0 aliphatic rings. The average Bonchev–Trinajstić information content (AvgIpc) is 2.70. The van der Waals surface area contributed by atoms with Gasteiger partial charge in [0.05, 0.1) is 12.1 Å². The van der Waals surface area contributed by atoms with Gasteiger partial charge in [-0.05, 0) is 13.0 Å². The van der Waals surface area contributed by atoms with Crippen molar-refractivity contribution < 1.29 is 23.4 Å². The van der Waals surface area contributed by atoms with Crippen molar-refractivity contribution in [3.05, 3.63) is 30.0 Å². The van der Waals surface area contributed by atoms with E-state index in [0.29, 0.717) is 0 Å². The number of phenolic OH excluding ortho intramolecular Hbond substituents is 1. The number of fused-ring (bicyclic) bond motifs is 1. The molecule has 0 aliphatic heterocycles. The van der Waals surface area contributed by atoms with Crippen LogP contribution in [0.1, 0.15) is 6.92 Å². The Morgan fingerprint density at radius 1 is 1.53 bits per heavy atom. The third kappa shape index (κ3) is 1.71. The Balaban J connectivity index is 2.65. The fraction of sp³-hybridized carbons (Fsp3) is 0.182. The van der Waals surface area contributed by atoms with E-state index in [1.165, 1.54) is 12.3 Å². The maximum atomic E-state index is 13.5. The normalized spacial score (nSPS) is 10.8. The number of hydrogen-bond donors (Lipinski definition) is 1. The Kier molecular flexibility index (Phi) is 2.71. The van der Waals surface area contributed by atoms with Gasteiger partial charge in [-0.15, -0.1) is 0 Å². The monoisotopic (exact) mass is 241 g/mol. The molecule has 0 aliphatic carbocycles. The van der Waals surface area contributed by atoms with Gasteiger partial charge in [0.15, 0.2) is 17.4 Å². The maximum Gasteiger partial charge on any atom is 0.418 e. The zero-order valence-electron chi connectivity index (χ0n) is 8.91. The second kappa shape index (κ2) is 4.04. The third-order valence-corrected chi connectivity index (χ3v) is 2.32. The van der Waals surface area contributed by atoms with E-state index in [-0.39, 0.29) is 17.5 Å². The van der Waals surface area contributed by atoms with Crippen LogP contribution in [0.15, 0.2) is 18.3 Å². The molecular weight excluding hydrogens is 232 g/mol. The van der Waals surface area contributed by atoms with Crippen LogP contribution in [-0.4, -0.2) is 22.4 Å². The van der Waals surface area contributed by atoms with Gasteiger partial charge in [-0.1, -0.05) is 0 Å². The zero-order chi connectivity index (χ0) is 12.6. The third-order valence-electron chi connectivity index (χ3n) is 2.32. The van der Waals surface area contributed by atoms with Crippen LogP contribution in [-0.2, 0) is 4.74 Å². The molecule has 90 valence electrons. The molecule has 4 nitrogen and oxygen atoms in total. The lowest BCUT2D eigenvalue weighted by Crippen LogP contribution is -2.12. The number of phenols is 1. The molecule has 0 spiro atoms. The molecule has 1 heterocycles. The molecular formula is C11H9F2NO3. The number of halogens is 2. The summed E-state index contributed by atoms with van der Waals surface area (Å²) >= 11 is 0. The van der Waals surface area contributed by atoms with E-state index in [0.717, 1.165) is 10.6 Å². The summed E-state index contributed by atoms with van der Waals surface area (Å²) in [5, 5.41) is 9.04. The molecule has 0 amide bonds. The van der Waals surface area contributed by atoms with Crippen LogP contribution >= 0.6 is 0 Å². The molecule has 1 aromatic heterocycles. The zero-order valence-corrected chi connectivity index (χ0v) is 8.91. The van der Waals surface area contributed by atoms with Gasteiger partial charge < -0.3 is 9.84 Å². The number of hydrogen-bond acceptors (Lipinski definition) is 3. The number of carbonyl (C=O) groups is 1. The van der Waals surface area contributed by atoms with E-state index in [1.54, 1.807) is 6.92 Å². The van der Waals surface area contributed by atoms with E-state index >= 15 is 0 Å². The van der Waals surface area contributed by atoms with Crippen molar-refractivity contribution in [2.24, 2.45) is 0 Å². The van der Waals surface area contributed by atoms with Crippen molar-refractivity contribution in [1.29, 1.82) is 0 Å². The van der Waals surface area contributed by atoms with Crippen molar-refractivity contribution in [1.82, 2.24) is 4.57 Å². The van der Waals surface area contributed by atoms with Crippen LogP contribution < -0.4 is 0 Å². The first-order valence-electron chi connectivity index (χ1n) is 4.91. The summed E-state index contributed by atoms with van der Waals surface area (Å²) in [4.78, 5) is 11.5. The lowest BCUT2D eigenvalue weighted by molar-refractivity contribution is 0.155. The van der Waals surface area contributed by atoms with Gasteiger partial charge in [0, 0.05) is 17.6 Å². The van der Waals surface area contributed by atoms with E-state index in [9.17, 15) is 13.6 Å². The van der Waals surface area contributed by atoms with Crippen LogP contribution in [0.25, 0.3) is 10.9 Å². The molecule has 0 atom stereocenters. The second-order valence-electron chi connectivity index (χ2n) is 3.34.